The predicted octanol–water partition coefficient (Wildman–Crippen LogP) is 0.501. The van der Waals surface area contributed by atoms with Crippen molar-refractivity contribution >= 4 is 0 Å². The highest BCUT2D eigenvalue weighted by Crippen LogP contribution is 2.01. The highest BCUT2D eigenvalue weighted by molar-refractivity contribution is 4.66. The van der Waals surface area contributed by atoms with Crippen molar-refractivity contribution in [3.8, 4) is 0 Å². The van der Waals surface area contributed by atoms with Gasteiger partial charge in [-0.1, -0.05) is 0 Å². The van der Waals surface area contributed by atoms with Gasteiger partial charge in [-0.05, 0) is 19.3 Å². The first-order valence-electron chi connectivity index (χ1n) is 10.4. The number of nitrogens with one attached hydrogen (secondary N) is 1. The quantitative estimate of drug-likeness (QED) is 0.600. The Hall–Kier alpha value is -0.320. The maximum Gasteiger partial charge on any atom is 0.0992 e. The molecule has 2 bridgehead atoms. The lowest BCUT2D eigenvalue weighted by molar-refractivity contribution is -0.0243. The summed E-state index contributed by atoms with van der Waals surface area (Å²) in [7, 11) is 0. The van der Waals surface area contributed by atoms with E-state index in [1.165, 1.54) is 0 Å². The van der Waals surface area contributed by atoms with E-state index in [4.69, 9.17) is 28.4 Å². The number of ether oxygens (including phenoxy) is 6. The van der Waals surface area contributed by atoms with E-state index in [0.29, 0.717) is 72.2 Å². The Balaban J connectivity index is 1.87. The van der Waals surface area contributed by atoms with Crippen LogP contribution < -0.4 is 5.32 Å². The Kier molecular flexibility index (Phi) is 14.1. The molecule has 3 aliphatic heterocycles. The normalized spacial score (nSPS) is 30.2. The summed E-state index contributed by atoms with van der Waals surface area (Å²) in [5.41, 5.74) is 0. The van der Waals surface area contributed by atoms with Gasteiger partial charge in [0.25, 0.3) is 0 Å². The largest absolute Gasteiger partial charge is 0.379 e. The molecule has 0 aromatic heterocycles. The van der Waals surface area contributed by atoms with Gasteiger partial charge in [-0.25, -0.2) is 0 Å². The fourth-order valence-electron chi connectivity index (χ4n) is 3.02. The van der Waals surface area contributed by atoms with Gasteiger partial charge in [0.15, 0.2) is 0 Å². The number of rotatable bonds is 0. The zero-order valence-corrected chi connectivity index (χ0v) is 16.7. The van der Waals surface area contributed by atoms with E-state index in [-0.39, 0.29) is 0 Å². The Bertz CT molecular complexity index is 282. The van der Waals surface area contributed by atoms with Crippen LogP contribution in [0, 0.1) is 0 Å². The van der Waals surface area contributed by atoms with E-state index in [1.54, 1.807) is 0 Å². The molecule has 0 saturated carbocycles. The van der Waals surface area contributed by atoms with Crippen molar-refractivity contribution in [3.05, 3.63) is 0 Å². The molecule has 3 heterocycles. The number of hydrogen-bond acceptors (Lipinski definition) is 8. The van der Waals surface area contributed by atoms with Crippen LogP contribution in [0.25, 0.3) is 0 Å². The lowest BCUT2D eigenvalue weighted by Gasteiger charge is -2.22. The number of nitrogens with zero attached hydrogens (tertiary/aromatic N) is 1. The molecule has 3 fully saturated rings. The monoisotopic (exact) mass is 390 g/mol. The Morgan fingerprint density at radius 1 is 0.593 bits per heavy atom. The minimum atomic E-state index is 0.305. The van der Waals surface area contributed by atoms with Crippen molar-refractivity contribution in [3.63, 3.8) is 0 Å². The third-order valence-corrected chi connectivity index (χ3v) is 4.54. The predicted molar refractivity (Wildman–Crippen MR) is 102 cm³/mol. The van der Waals surface area contributed by atoms with Crippen molar-refractivity contribution in [2.75, 3.05) is 99.0 Å². The fourth-order valence-corrected chi connectivity index (χ4v) is 3.02. The third-order valence-electron chi connectivity index (χ3n) is 4.54. The van der Waals surface area contributed by atoms with Crippen molar-refractivity contribution in [2.24, 2.45) is 0 Å². The van der Waals surface area contributed by atoms with Crippen LogP contribution in [0.1, 0.15) is 19.3 Å². The van der Waals surface area contributed by atoms with Crippen LogP contribution in [0.15, 0.2) is 0 Å². The second kappa shape index (κ2) is 16.6. The summed E-state index contributed by atoms with van der Waals surface area (Å²) in [4.78, 5) is 2.26. The maximum absolute atomic E-state index is 5.80. The Morgan fingerprint density at radius 3 is 2.11 bits per heavy atom. The molecule has 0 radical (unpaired) electrons. The fraction of sp³-hybridized carbons (Fsp3) is 1.00. The zero-order valence-electron chi connectivity index (χ0n) is 16.7. The van der Waals surface area contributed by atoms with E-state index in [9.17, 15) is 0 Å². The molecule has 3 aliphatic rings. The van der Waals surface area contributed by atoms with Crippen LogP contribution in [-0.2, 0) is 28.4 Å². The van der Waals surface area contributed by atoms with Crippen LogP contribution in [0.3, 0.4) is 0 Å². The van der Waals surface area contributed by atoms with E-state index in [2.05, 4.69) is 10.2 Å². The average Bonchev–Trinajstić information content (AvgIpc) is 2.68. The topological polar surface area (TPSA) is 70.7 Å². The van der Waals surface area contributed by atoms with E-state index >= 15 is 0 Å². The minimum Gasteiger partial charge on any atom is -0.379 e. The van der Waals surface area contributed by atoms with E-state index < -0.39 is 0 Å². The first-order valence-corrected chi connectivity index (χ1v) is 10.4. The number of hydrogen-bond donors (Lipinski definition) is 1. The summed E-state index contributed by atoms with van der Waals surface area (Å²) in [6.07, 6.45) is 2.98. The molecule has 0 aromatic carbocycles. The minimum absolute atomic E-state index is 0.305. The molecule has 3 saturated heterocycles. The smallest absolute Gasteiger partial charge is 0.0992 e. The molecule has 3 rings (SSSR count). The van der Waals surface area contributed by atoms with E-state index in [0.717, 1.165) is 52.1 Å². The molecule has 1 N–H and O–H groups in total. The van der Waals surface area contributed by atoms with Gasteiger partial charge in [0.05, 0.1) is 66.2 Å². The Labute approximate surface area is 163 Å². The molecule has 8 heteroatoms. The molecule has 8 nitrogen and oxygen atoms in total. The number of fused-ring (bicyclic) bond motifs is 22. The third kappa shape index (κ3) is 12.7. The lowest BCUT2D eigenvalue weighted by Crippen LogP contribution is -2.36. The van der Waals surface area contributed by atoms with Crippen molar-refractivity contribution in [2.45, 2.75) is 25.3 Å². The van der Waals surface area contributed by atoms with Gasteiger partial charge in [-0.2, -0.15) is 0 Å². The van der Waals surface area contributed by atoms with Crippen LogP contribution in [0.5, 0.6) is 0 Å². The van der Waals surface area contributed by atoms with Crippen molar-refractivity contribution in [1.29, 1.82) is 0 Å². The second-order valence-electron chi connectivity index (χ2n) is 6.83. The standard InChI is InChI=1S/C19H38N2O6/c1-3-19-17-26-15-13-23-8-2-5-21(18-27-16-14-22-7-1)6-10-25-12-11-24-9-4-20-19/h19-20H,1-18H2. The van der Waals surface area contributed by atoms with Crippen molar-refractivity contribution < 1.29 is 28.4 Å². The van der Waals surface area contributed by atoms with Gasteiger partial charge in [0.2, 0.25) is 0 Å². The van der Waals surface area contributed by atoms with Gasteiger partial charge in [-0.3, -0.25) is 4.90 Å². The molecule has 160 valence electrons. The molecule has 27 heavy (non-hydrogen) atoms. The maximum atomic E-state index is 5.80. The van der Waals surface area contributed by atoms with Gasteiger partial charge >= 0.3 is 0 Å². The first kappa shape index (κ1) is 23.0. The molecule has 2 atom stereocenters. The van der Waals surface area contributed by atoms with Crippen LogP contribution in [-0.4, -0.2) is 110 Å². The van der Waals surface area contributed by atoms with E-state index in [1.807, 2.05) is 0 Å². The lowest BCUT2D eigenvalue weighted by atomic mass is 10.1. The molecule has 2 unspecified atom stereocenters. The van der Waals surface area contributed by atoms with Gasteiger partial charge in [-0.15, -0.1) is 0 Å². The highest BCUT2D eigenvalue weighted by atomic mass is 16.5. The van der Waals surface area contributed by atoms with Crippen LogP contribution >= 0.6 is 0 Å². The molecular weight excluding hydrogens is 352 g/mol. The van der Waals surface area contributed by atoms with Gasteiger partial charge < -0.3 is 33.7 Å². The summed E-state index contributed by atoms with van der Waals surface area (Å²) in [5, 5.41) is 3.52. The van der Waals surface area contributed by atoms with Crippen LogP contribution in [0.4, 0.5) is 0 Å². The summed E-state index contributed by atoms with van der Waals surface area (Å²) < 4.78 is 34.3. The van der Waals surface area contributed by atoms with Gasteiger partial charge in [0.1, 0.15) is 0 Å². The summed E-state index contributed by atoms with van der Waals surface area (Å²) >= 11 is 0. The Morgan fingerprint density at radius 2 is 1.26 bits per heavy atom. The summed E-state index contributed by atoms with van der Waals surface area (Å²) in [5.74, 6) is 0. The molecule has 0 aliphatic carbocycles. The summed E-state index contributed by atoms with van der Waals surface area (Å²) in [6, 6.07) is 0.305. The molecular formula is C19H38N2O6. The molecule has 0 amide bonds. The van der Waals surface area contributed by atoms with Crippen molar-refractivity contribution in [1.82, 2.24) is 10.2 Å². The van der Waals surface area contributed by atoms with Gasteiger partial charge in [0, 0.05) is 38.9 Å². The second-order valence-corrected chi connectivity index (χ2v) is 6.83. The average molecular weight is 391 g/mol. The SMILES string of the molecule is C1COCCOCN2CCCOCCOCC(C1)NCCOCCOCC2. The van der Waals surface area contributed by atoms with Crippen LogP contribution in [0.2, 0.25) is 0 Å². The first-order chi connectivity index (χ1) is 13.4. The molecule has 0 spiro atoms. The molecule has 0 aromatic rings. The zero-order chi connectivity index (χ0) is 18.8. The summed E-state index contributed by atoms with van der Waals surface area (Å²) in [6.45, 7) is 10.5. The highest BCUT2D eigenvalue weighted by Gasteiger charge is 2.10.